The molecule has 142 valence electrons. The second-order valence-corrected chi connectivity index (χ2v) is 6.68. The zero-order chi connectivity index (χ0) is 17.5. The Morgan fingerprint density at radius 1 is 1.40 bits per heavy atom. The summed E-state index contributed by atoms with van der Waals surface area (Å²) in [4.78, 5) is 6.51. The highest BCUT2D eigenvalue weighted by Crippen LogP contribution is 2.36. The van der Waals surface area contributed by atoms with Crippen LogP contribution in [-0.4, -0.2) is 58.9 Å². The van der Waals surface area contributed by atoms with Crippen molar-refractivity contribution in [1.82, 2.24) is 10.2 Å². The van der Waals surface area contributed by atoms with E-state index in [1.807, 2.05) is 12.1 Å². The molecule has 1 aliphatic heterocycles. The molecule has 1 fully saturated rings. The van der Waals surface area contributed by atoms with E-state index in [9.17, 15) is 0 Å². The second kappa shape index (κ2) is 11.1. The lowest BCUT2D eigenvalue weighted by Gasteiger charge is -2.24. The van der Waals surface area contributed by atoms with Crippen LogP contribution in [0.1, 0.15) is 12.0 Å². The fourth-order valence-electron chi connectivity index (χ4n) is 2.84. The molecule has 2 rings (SSSR count). The number of benzene rings is 1. The molecule has 1 heterocycles. The first-order valence-corrected chi connectivity index (χ1v) is 8.78. The van der Waals surface area contributed by atoms with E-state index in [1.54, 1.807) is 21.3 Å². The van der Waals surface area contributed by atoms with Crippen molar-refractivity contribution in [2.75, 3.05) is 48.1 Å². The van der Waals surface area contributed by atoms with Crippen molar-refractivity contribution in [3.63, 3.8) is 0 Å². The molecule has 1 unspecified atom stereocenters. The molecule has 25 heavy (non-hydrogen) atoms. The number of hydrogen-bond donors (Lipinski definition) is 1. The van der Waals surface area contributed by atoms with Gasteiger partial charge in [0, 0.05) is 39.7 Å². The van der Waals surface area contributed by atoms with Crippen molar-refractivity contribution in [1.29, 1.82) is 0 Å². The van der Waals surface area contributed by atoms with Gasteiger partial charge in [-0.2, -0.15) is 0 Å². The van der Waals surface area contributed by atoms with Gasteiger partial charge in [0.2, 0.25) is 0 Å². The number of ether oxygens (including phenoxy) is 3. The first kappa shape index (κ1) is 22.3. The number of guanidine groups is 1. The lowest BCUT2D eigenvalue weighted by molar-refractivity contribution is 0.181. The average molecular weight is 528 g/mol. The van der Waals surface area contributed by atoms with Gasteiger partial charge in [0.1, 0.15) is 0 Å². The van der Waals surface area contributed by atoms with Gasteiger partial charge < -0.3 is 24.4 Å². The fraction of sp³-hybridized carbons (Fsp3) is 0.588. The molecule has 6 nitrogen and oxygen atoms in total. The molecule has 0 radical (unpaired) electrons. The molecule has 1 saturated heterocycles. The average Bonchev–Trinajstić information content (AvgIpc) is 3.07. The van der Waals surface area contributed by atoms with E-state index in [2.05, 4.69) is 38.2 Å². The van der Waals surface area contributed by atoms with E-state index in [4.69, 9.17) is 14.2 Å². The van der Waals surface area contributed by atoms with Gasteiger partial charge in [-0.25, -0.2) is 0 Å². The monoisotopic (exact) mass is 527 g/mol. The zero-order valence-corrected chi connectivity index (χ0v) is 19.1. The van der Waals surface area contributed by atoms with E-state index < -0.39 is 0 Å². The Hall–Kier alpha value is -0.740. The summed E-state index contributed by atoms with van der Waals surface area (Å²) in [5, 5.41) is 3.39. The Morgan fingerprint density at radius 3 is 2.72 bits per heavy atom. The first-order valence-electron chi connectivity index (χ1n) is 7.99. The highest BCUT2D eigenvalue weighted by Gasteiger charge is 2.19. The summed E-state index contributed by atoms with van der Waals surface area (Å²) in [6.45, 7) is 3.29. The molecular weight excluding hydrogens is 501 g/mol. The number of nitrogens with zero attached hydrogens (tertiary/aromatic N) is 2. The summed E-state index contributed by atoms with van der Waals surface area (Å²) in [6, 6.07) is 3.99. The molecule has 8 heteroatoms. The molecule has 1 aromatic rings. The number of methoxy groups -OCH3 is 2. The largest absolute Gasteiger partial charge is 0.493 e. The van der Waals surface area contributed by atoms with Crippen molar-refractivity contribution in [2.45, 2.75) is 13.0 Å². The van der Waals surface area contributed by atoms with Crippen molar-refractivity contribution in [3.05, 3.63) is 22.2 Å². The van der Waals surface area contributed by atoms with Gasteiger partial charge in [-0.3, -0.25) is 4.99 Å². The number of halogens is 2. The number of aliphatic imine (C=N–C) groups is 1. The minimum atomic E-state index is 0. The van der Waals surface area contributed by atoms with Crippen molar-refractivity contribution < 1.29 is 14.2 Å². The maximum absolute atomic E-state index is 5.44. The summed E-state index contributed by atoms with van der Waals surface area (Å²) in [7, 11) is 7.12. The Morgan fingerprint density at radius 2 is 2.16 bits per heavy atom. The predicted octanol–water partition coefficient (Wildman–Crippen LogP) is 3.13. The van der Waals surface area contributed by atoms with E-state index >= 15 is 0 Å². The Labute approximate surface area is 175 Å². The summed E-state index contributed by atoms with van der Waals surface area (Å²) in [5.41, 5.74) is 1.08. The molecule has 0 aliphatic carbocycles. The summed E-state index contributed by atoms with van der Waals surface area (Å²) >= 11 is 3.52. The number of rotatable bonds is 6. The van der Waals surface area contributed by atoms with Gasteiger partial charge in [-0.05, 0) is 40.0 Å². The summed E-state index contributed by atoms with van der Waals surface area (Å²) in [6.07, 6.45) is 1.12. The van der Waals surface area contributed by atoms with Crippen molar-refractivity contribution in [3.8, 4) is 11.5 Å². The van der Waals surface area contributed by atoms with Crippen LogP contribution in [0.4, 0.5) is 0 Å². The van der Waals surface area contributed by atoms with Crippen molar-refractivity contribution in [2.24, 2.45) is 10.9 Å². The van der Waals surface area contributed by atoms with Crippen LogP contribution < -0.4 is 14.8 Å². The topological polar surface area (TPSA) is 55.3 Å². The van der Waals surface area contributed by atoms with Crippen LogP contribution in [-0.2, 0) is 11.3 Å². The summed E-state index contributed by atoms with van der Waals surface area (Å²) in [5.74, 6) is 2.84. The molecule has 0 aromatic heterocycles. The predicted molar refractivity (Wildman–Crippen MR) is 114 cm³/mol. The SMILES string of the molecule is CN=C(NCc1cc(Br)c(OC)c(OC)c1)N(C)CC1CCOC1.I. The van der Waals surface area contributed by atoms with Crippen LogP contribution in [0.15, 0.2) is 21.6 Å². The van der Waals surface area contributed by atoms with Gasteiger partial charge in [-0.1, -0.05) is 0 Å². The Kier molecular flexibility index (Phi) is 9.88. The maximum Gasteiger partial charge on any atom is 0.193 e. The first-order chi connectivity index (χ1) is 11.6. The van der Waals surface area contributed by atoms with Crippen molar-refractivity contribution >= 4 is 45.9 Å². The molecule has 0 amide bonds. The van der Waals surface area contributed by atoms with E-state index in [0.717, 1.165) is 42.2 Å². The highest BCUT2D eigenvalue weighted by atomic mass is 127. The normalized spacial score (nSPS) is 17.0. The van der Waals surface area contributed by atoms with Crippen LogP contribution in [0.2, 0.25) is 0 Å². The molecule has 1 N–H and O–H groups in total. The molecule has 0 saturated carbocycles. The third-order valence-electron chi connectivity index (χ3n) is 4.07. The number of nitrogens with one attached hydrogen (secondary N) is 1. The quantitative estimate of drug-likeness (QED) is 0.350. The van der Waals surface area contributed by atoms with Crippen LogP contribution in [0.3, 0.4) is 0 Å². The lowest BCUT2D eigenvalue weighted by Crippen LogP contribution is -2.41. The zero-order valence-electron chi connectivity index (χ0n) is 15.2. The number of hydrogen-bond acceptors (Lipinski definition) is 4. The van der Waals surface area contributed by atoms with E-state index in [1.165, 1.54) is 0 Å². The van der Waals surface area contributed by atoms with Crippen LogP contribution in [0.25, 0.3) is 0 Å². The third kappa shape index (κ3) is 6.18. The van der Waals surface area contributed by atoms with Crippen LogP contribution >= 0.6 is 39.9 Å². The second-order valence-electron chi connectivity index (χ2n) is 5.82. The lowest BCUT2D eigenvalue weighted by atomic mass is 10.1. The Balaban J connectivity index is 0.00000312. The minimum absolute atomic E-state index is 0. The molecule has 1 aromatic carbocycles. The summed E-state index contributed by atoms with van der Waals surface area (Å²) < 4.78 is 17.0. The highest BCUT2D eigenvalue weighted by molar-refractivity contribution is 14.0. The van der Waals surface area contributed by atoms with Crippen LogP contribution in [0.5, 0.6) is 11.5 Å². The third-order valence-corrected chi connectivity index (χ3v) is 4.66. The molecule has 1 aliphatic rings. The van der Waals surface area contributed by atoms with Gasteiger partial charge in [0.15, 0.2) is 17.5 Å². The van der Waals surface area contributed by atoms with Gasteiger partial charge >= 0.3 is 0 Å². The van der Waals surface area contributed by atoms with Gasteiger partial charge in [0.25, 0.3) is 0 Å². The van der Waals surface area contributed by atoms with Gasteiger partial charge in [-0.15, -0.1) is 24.0 Å². The molecular formula is C17H27BrIN3O3. The molecule has 0 bridgehead atoms. The standard InChI is InChI=1S/C17H26BrN3O3.HI/c1-19-17(21(2)10-12-5-6-24-11-12)20-9-13-7-14(18)16(23-4)15(8-13)22-3;/h7-8,12H,5-6,9-11H2,1-4H3,(H,19,20);1H. The maximum atomic E-state index is 5.44. The molecule has 0 spiro atoms. The van der Waals surface area contributed by atoms with Gasteiger partial charge in [0.05, 0.1) is 25.3 Å². The Bertz CT molecular complexity index is 581. The smallest absolute Gasteiger partial charge is 0.193 e. The molecule has 1 atom stereocenters. The van der Waals surface area contributed by atoms with E-state index in [-0.39, 0.29) is 24.0 Å². The van der Waals surface area contributed by atoms with Crippen LogP contribution in [0, 0.1) is 5.92 Å². The fourth-order valence-corrected chi connectivity index (χ4v) is 3.49. The van der Waals surface area contributed by atoms with E-state index in [0.29, 0.717) is 24.0 Å². The minimum Gasteiger partial charge on any atom is -0.493 e.